The van der Waals surface area contributed by atoms with Gasteiger partial charge in [-0.3, -0.25) is 4.79 Å². The number of carbonyl (C=O) groups excluding carboxylic acids is 1. The van der Waals surface area contributed by atoms with Crippen LogP contribution in [0.15, 0.2) is 30.3 Å². The van der Waals surface area contributed by atoms with Crippen molar-refractivity contribution in [3.8, 4) is 0 Å². The maximum absolute atomic E-state index is 11.4. The molecule has 0 heterocycles. The topological polar surface area (TPSA) is 29.5 Å². The van der Waals surface area contributed by atoms with Crippen LogP contribution in [0.5, 0.6) is 0 Å². The molecule has 3 heteroatoms. The van der Waals surface area contributed by atoms with E-state index in [1.807, 2.05) is 0 Å². The Labute approximate surface area is 127 Å². The normalized spacial score (nSPS) is 35.0. The second kappa shape index (κ2) is 5.80. The highest BCUT2D eigenvalue weighted by Gasteiger charge is 2.51. The molecule has 3 aliphatic carbocycles. The molecule has 0 N–H and O–H groups in total. The Bertz CT molecular complexity index is 499. The number of hydrogen-bond acceptors (Lipinski definition) is 3. The van der Waals surface area contributed by atoms with Crippen LogP contribution in [0.3, 0.4) is 0 Å². The Morgan fingerprint density at radius 3 is 2.52 bits per heavy atom. The summed E-state index contributed by atoms with van der Waals surface area (Å²) in [7, 11) is 4.32. The molecule has 1 aromatic carbocycles. The molecule has 0 aromatic heterocycles. The van der Waals surface area contributed by atoms with Gasteiger partial charge in [-0.2, -0.15) is 0 Å². The maximum atomic E-state index is 11.4. The minimum Gasteiger partial charge on any atom is -0.462 e. The number of benzene rings is 1. The molecule has 0 unspecified atom stereocenters. The molecule has 0 radical (unpaired) electrons. The van der Waals surface area contributed by atoms with E-state index in [4.69, 9.17) is 4.74 Å². The van der Waals surface area contributed by atoms with Crippen molar-refractivity contribution in [1.82, 2.24) is 4.90 Å². The Balaban J connectivity index is 1.91. The van der Waals surface area contributed by atoms with Crippen molar-refractivity contribution < 1.29 is 9.53 Å². The third-order valence-electron chi connectivity index (χ3n) is 5.30. The first-order valence-corrected chi connectivity index (χ1v) is 7.96. The minimum absolute atomic E-state index is 0.105. The average Bonchev–Trinajstić information content (AvgIpc) is 2.47. The molecule has 0 aliphatic heterocycles. The van der Waals surface area contributed by atoms with Gasteiger partial charge >= 0.3 is 5.97 Å². The number of carbonyl (C=O) groups is 1. The number of ether oxygens (including phenoxy) is 1. The second-order valence-corrected chi connectivity index (χ2v) is 6.78. The smallest absolute Gasteiger partial charge is 0.302 e. The number of fused-ring (bicyclic) bond motifs is 3. The van der Waals surface area contributed by atoms with E-state index in [0.29, 0.717) is 23.8 Å². The van der Waals surface area contributed by atoms with Crippen molar-refractivity contribution in [2.45, 2.75) is 44.2 Å². The molecule has 114 valence electrons. The van der Waals surface area contributed by atoms with E-state index in [-0.39, 0.29) is 12.1 Å². The highest BCUT2D eigenvalue weighted by molar-refractivity contribution is 5.66. The zero-order valence-corrected chi connectivity index (χ0v) is 13.2. The lowest BCUT2D eigenvalue weighted by Crippen LogP contribution is -2.56. The van der Waals surface area contributed by atoms with Crippen molar-refractivity contribution in [2.24, 2.45) is 11.8 Å². The molecule has 3 aliphatic rings. The fraction of sp³-hybridized carbons (Fsp3) is 0.611. The van der Waals surface area contributed by atoms with E-state index in [1.54, 1.807) is 0 Å². The van der Waals surface area contributed by atoms with Gasteiger partial charge < -0.3 is 9.64 Å². The van der Waals surface area contributed by atoms with Crippen molar-refractivity contribution in [1.29, 1.82) is 0 Å². The summed E-state index contributed by atoms with van der Waals surface area (Å²) in [6.07, 6.45) is 3.56. The van der Waals surface area contributed by atoms with Crippen LogP contribution in [0.1, 0.15) is 37.7 Å². The van der Waals surface area contributed by atoms with Gasteiger partial charge in [-0.05, 0) is 44.8 Å². The quantitative estimate of drug-likeness (QED) is 0.800. The van der Waals surface area contributed by atoms with Crippen LogP contribution in [0.2, 0.25) is 0 Å². The Morgan fingerprint density at radius 2 is 1.90 bits per heavy atom. The van der Waals surface area contributed by atoms with Crippen LogP contribution in [0.25, 0.3) is 0 Å². The van der Waals surface area contributed by atoms with Crippen LogP contribution in [0, 0.1) is 11.8 Å². The first-order valence-electron chi connectivity index (χ1n) is 7.96. The lowest BCUT2D eigenvalue weighted by atomic mass is 9.58. The first-order chi connectivity index (χ1) is 10.1. The first kappa shape index (κ1) is 14.6. The summed E-state index contributed by atoms with van der Waals surface area (Å²) in [6, 6.07) is 11.3. The highest BCUT2D eigenvalue weighted by atomic mass is 16.5. The predicted molar refractivity (Wildman–Crippen MR) is 83.0 cm³/mol. The van der Waals surface area contributed by atoms with E-state index in [9.17, 15) is 4.79 Å². The van der Waals surface area contributed by atoms with E-state index in [0.717, 1.165) is 6.42 Å². The van der Waals surface area contributed by atoms with Crippen molar-refractivity contribution in [3.05, 3.63) is 35.9 Å². The standard InChI is InChI=1S/C18H25NO2/c1-12(20)21-16-11-14-9-10-15(16)18(19(2)3)17(14)13-7-5-4-6-8-13/h4-8,14-18H,9-11H2,1-3H3/t14-,15+,16-,17+,18+/m1/s1. The molecular formula is C18H25NO2. The number of hydrogen-bond donors (Lipinski definition) is 0. The monoisotopic (exact) mass is 287 g/mol. The van der Waals surface area contributed by atoms with Crippen molar-refractivity contribution in [2.75, 3.05) is 14.1 Å². The fourth-order valence-corrected chi connectivity index (χ4v) is 4.64. The van der Waals surface area contributed by atoms with Gasteiger partial charge in [-0.25, -0.2) is 0 Å². The number of likely N-dealkylation sites (N-methyl/N-ethyl adjacent to an activating group) is 1. The summed E-state index contributed by atoms with van der Waals surface area (Å²) in [6.45, 7) is 1.53. The van der Waals surface area contributed by atoms with Crippen LogP contribution in [0.4, 0.5) is 0 Å². The number of rotatable bonds is 3. The highest BCUT2D eigenvalue weighted by Crippen LogP contribution is 2.52. The summed E-state index contributed by atoms with van der Waals surface area (Å²) < 4.78 is 5.62. The predicted octanol–water partition coefficient (Wildman–Crippen LogP) is 3.06. The lowest BCUT2D eigenvalue weighted by Gasteiger charge is -2.54. The molecule has 0 saturated heterocycles. The molecule has 0 amide bonds. The Kier molecular flexibility index (Phi) is 4.03. The van der Waals surface area contributed by atoms with Gasteiger partial charge in [0.25, 0.3) is 0 Å². The number of esters is 1. The molecule has 3 fully saturated rings. The third-order valence-corrected chi connectivity index (χ3v) is 5.30. The van der Waals surface area contributed by atoms with Crippen molar-refractivity contribution >= 4 is 5.97 Å². The molecule has 21 heavy (non-hydrogen) atoms. The van der Waals surface area contributed by atoms with Gasteiger partial charge in [-0.1, -0.05) is 30.3 Å². The fourth-order valence-electron chi connectivity index (χ4n) is 4.64. The summed E-state index contributed by atoms with van der Waals surface area (Å²) in [5.41, 5.74) is 1.44. The molecule has 4 rings (SSSR count). The van der Waals surface area contributed by atoms with Crippen LogP contribution in [-0.4, -0.2) is 37.1 Å². The van der Waals surface area contributed by atoms with Crippen LogP contribution >= 0.6 is 0 Å². The largest absolute Gasteiger partial charge is 0.462 e. The van der Waals surface area contributed by atoms with Gasteiger partial charge in [0.2, 0.25) is 0 Å². The summed E-state index contributed by atoms with van der Waals surface area (Å²) in [5.74, 6) is 1.50. The van der Waals surface area contributed by atoms with E-state index in [1.165, 1.54) is 25.3 Å². The van der Waals surface area contributed by atoms with E-state index < -0.39 is 0 Å². The molecule has 3 saturated carbocycles. The summed E-state index contributed by atoms with van der Waals surface area (Å²) in [4.78, 5) is 13.7. The van der Waals surface area contributed by atoms with Gasteiger partial charge in [0, 0.05) is 24.8 Å². The summed E-state index contributed by atoms with van der Waals surface area (Å²) in [5, 5.41) is 0. The van der Waals surface area contributed by atoms with Crippen LogP contribution < -0.4 is 0 Å². The second-order valence-electron chi connectivity index (χ2n) is 6.78. The molecular weight excluding hydrogens is 262 g/mol. The minimum atomic E-state index is -0.138. The molecule has 3 nitrogen and oxygen atoms in total. The van der Waals surface area contributed by atoms with Gasteiger partial charge in [0.05, 0.1) is 0 Å². The molecule has 0 spiro atoms. The van der Waals surface area contributed by atoms with E-state index in [2.05, 4.69) is 49.3 Å². The maximum Gasteiger partial charge on any atom is 0.302 e. The molecule has 1 aromatic rings. The summed E-state index contributed by atoms with van der Waals surface area (Å²) >= 11 is 0. The van der Waals surface area contributed by atoms with Crippen molar-refractivity contribution in [3.63, 3.8) is 0 Å². The SMILES string of the molecule is CC(=O)O[C@@H]1C[C@H]2CC[C@@H]1[C@H](N(C)C)[C@H]2c1ccccc1. The Morgan fingerprint density at radius 1 is 1.19 bits per heavy atom. The average molecular weight is 287 g/mol. The van der Waals surface area contributed by atoms with Gasteiger partial charge in [0.15, 0.2) is 0 Å². The molecule has 2 bridgehead atoms. The lowest BCUT2D eigenvalue weighted by molar-refractivity contribution is -0.160. The third kappa shape index (κ3) is 2.71. The van der Waals surface area contributed by atoms with Gasteiger partial charge in [0.1, 0.15) is 6.10 Å². The zero-order chi connectivity index (χ0) is 15.0. The van der Waals surface area contributed by atoms with Crippen LogP contribution in [-0.2, 0) is 9.53 Å². The Hall–Kier alpha value is -1.35. The zero-order valence-electron chi connectivity index (χ0n) is 13.2. The molecule has 5 atom stereocenters. The number of nitrogens with zero attached hydrogens (tertiary/aromatic N) is 1. The van der Waals surface area contributed by atoms with E-state index >= 15 is 0 Å². The van der Waals surface area contributed by atoms with Gasteiger partial charge in [-0.15, -0.1) is 0 Å².